The van der Waals surface area contributed by atoms with E-state index in [0.29, 0.717) is 6.07 Å². The van der Waals surface area contributed by atoms with E-state index in [1.54, 1.807) is 0 Å². The SMILES string of the molecule is Cn1c(C(=O)O)ccc1-c1cc(F)cc(F)c1F. The van der Waals surface area contributed by atoms with E-state index in [2.05, 4.69) is 0 Å². The minimum Gasteiger partial charge on any atom is -0.477 e. The lowest BCUT2D eigenvalue weighted by atomic mass is 10.1. The van der Waals surface area contributed by atoms with Crippen LogP contribution in [0.4, 0.5) is 13.2 Å². The van der Waals surface area contributed by atoms with Gasteiger partial charge in [-0.15, -0.1) is 0 Å². The van der Waals surface area contributed by atoms with E-state index in [0.717, 1.165) is 10.6 Å². The van der Waals surface area contributed by atoms with Gasteiger partial charge >= 0.3 is 5.97 Å². The molecule has 94 valence electrons. The molecule has 0 saturated heterocycles. The van der Waals surface area contributed by atoms with Gasteiger partial charge in [-0.05, 0) is 18.2 Å². The molecule has 0 bridgehead atoms. The normalized spacial score (nSPS) is 10.7. The molecular weight excluding hydrogens is 247 g/mol. The fraction of sp³-hybridized carbons (Fsp3) is 0.0833. The minimum atomic E-state index is -1.32. The highest BCUT2D eigenvalue weighted by Gasteiger charge is 2.18. The predicted molar refractivity (Wildman–Crippen MR) is 57.7 cm³/mol. The van der Waals surface area contributed by atoms with Gasteiger partial charge in [-0.2, -0.15) is 0 Å². The maximum absolute atomic E-state index is 13.6. The second-order valence-corrected chi connectivity index (χ2v) is 3.72. The van der Waals surface area contributed by atoms with E-state index in [1.807, 2.05) is 0 Å². The molecule has 0 unspecified atom stereocenters. The van der Waals surface area contributed by atoms with Crippen LogP contribution in [-0.2, 0) is 7.05 Å². The Morgan fingerprint density at radius 3 is 2.44 bits per heavy atom. The number of nitrogens with zero attached hydrogens (tertiary/aromatic N) is 1. The third kappa shape index (κ3) is 1.85. The maximum atomic E-state index is 13.6. The molecule has 0 spiro atoms. The lowest BCUT2D eigenvalue weighted by Gasteiger charge is -2.07. The van der Waals surface area contributed by atoms with Crippen molar-refractivity contribution in [2.75, 3.05) is 0 Å². The van der Waals surface area contributed by atoms with Crippen molar-refractivity contribution in [1.29, 1.82) is 0 Å². The van der Waals surface area contributed by atoms with Gasteiger partial charge in [0, 0.05) is 18.7 Å². The van der Waals surface area contributed by atoms with E-state index in [9.17, 15) is 18.0 Å². The fourth-order valence-electron chi connectivity index (χ4n) is 1.74. The van der Waals surface area contributed by atoms with Crippen LogP contribution in [-0.4, -0.2) is 15.6 Å². The number of hydrogen-bond donors (Lipinski definition) is 1. The van der Waals surface area contributed by atoms with Gasteiger partial charge in [0.15, 0.2) is 11.6 Å². The lowest BCUT2D eigenvalue weighted by Crippen LogP contribution is -2.06. The van der Waals surface area contributed by atoms with E-state index in [-0.39, 0.29) is 17.0 Å². The number of carboxylic acids is 1. The monoisotopic (exact) mass is 255 g/mol. The van der Waals surface area contributed by atoms with Crippen molar-refractivity contribution in [3.05, 3.63) is 47.4 Å². The van der Waals surface area contributed by atoms with Crippen LogP contribution in [0.3, 0.4) is 0 Å². The first-order chi connectivity index (χ1) is 8.41. The van der Waals surface area contributed by atoms with Gasteiger partial charge in [0.05, 0.1) is 5.69 Å². The van der Waals surface area contributed by atoms with Crippen LogP contribution in [0.15, 0.2) is 24.3 Å². The van der Waals surface area contributed by atoms with Gasteiger partial charge in [-0.3, -0.25) is 0 Å². The summed E-state index contributed by atoms with van der Waals surface area (Å²) in [5, 5.41) is 8.84. The molecule has 0 amide bonds. The molecule has 1 aromatic heterocycles. The molecule has 1 N–H and O–H groups in total. The number of halogens is 3. The van der Waals surface area contributed by atoms with Gasteiger partial charge in [0.1, 0.15) is 11.5 Å². The topological polar surface area (TPSA) is 42.2 Å². The molecule has 0 aliphatic carbocycles. The Kier molecular flexibility index (Phi) is 2.86. The quantitative estimate of drug-likeness (QED) is 0.838. The highest BCUT2D eigenvalue weighted by atomic mass is 19.2. The van der Waals surface area contributed by atoms with Crippen molar-refractivity contribution in [2.45, 2.75) is 0 Å². The van der Waals surface area contributed by atoms with Gasteiger partial charge in [-0.1, -0.05) is 0 Å². The van der Waals surface area contributed by atoms with Crippen molar-refractivity contribution in [1.82, 2.24) is 4.57 Å². The highest BCUT2D eigenvalue weighted by molar-refractivity contribution is 5.87. The van der Waals surface area contributed by atoms with E-state index >= 15 is 0 Å². The largest absolute Gasteiger partial charge is 0.477 e. The van der Waals surface area contributed by atoms with Crippen LogP contribution in [0, 0.1) is 17.5 Å². The van der Waals surface area contributed by atoms with Crippen LogP contribution < -0.4 is 0 Å². The van der Waals surface area contributed by atoms with E-state index in [4.69, 9.17) is 5.11 Å². The second-order valence-electron chi connectivity index (χ2n) is 3.72. The van der Waals surface area contributed by atoms with Crippen LogP contribution in [0.1, 0.15) is 10.5 Å². The van der Waals surface area contributed by atoms with Gasteiger partial charge in [0.25, 0.3) is 0 Å². The smallest absolute Gasteiger partial charge is 0.352 e. The van der Waals surface area contributed by atoms with Crippen molar-refractivity contribution in [2.24, 2.45) is 7.05 Å². The standard InChI is InChI=1S/C12H8F3NO2/c1-16-9(2-3-10(16)12(17)18)7-4-6(13)5-8(14)11(7)15/h2-5H,1H3,(H,17,18). The fourth-order valence-corrected chi connectivity index (χ4v) is 1.74. The molecule has 1 aromatic carbocycles. The van der Waals surface area contributed by atoms with Gasteiger partial charge in [-0.25, -0.2) is 18.0 Å². The molecule has 0 atom stereocenters. The molecule has 6 heteroatoms. The Hall–Kier alpha value is -2.24. The summed E-state index contributed by atoms with van der Waals surface area (Å²) >= 11 is 0. The number of carbonyl (C=O) groups is 1. The maximum Gasteiger partial charge on any atom is 0.352 e. The summed E-state index contributed by atoms with van der Waals surface area (Å²) in [5.41, 5.74) is -0.333. The highest BCUT2D eigenvalue weighted by Crippen LogP contribution is 2.27. The molecule has 0 aliphatic heterocycles. The summed E-state index contributed by atoms with van der Waals surface area (Å²) in [6, 6.07) is 3.78. The van der Waals surface area contributed by atoms with Crippen LogP contribution in [0.2, 0.25) is 0 Å². The van der Waals surface area contributed by atoms with Gasteiger partial charge < -0.3 is 9.67 Å². The third-order valence-electron chi connectivity index (χ3n) is 2.61. The lowest BCUT2D eigenvalue weighted by molar-refractivity contribution is 0.0686. The predicted octanol–water partition coefficient (Wildman–Crippen LogP) is 2.81. The number of carboxylic acid groups (broad SMARTS) is 1. The summed E-state index contributed by atoms with van der Waals surface area (Å²) in [5.74, 6) is -4.67. The number of rotatable bonds is 2. The molecule has 1 heterocycles. The number of hydrogen-bond acceptors (Lipinski definition) is 1. The molecule has 18 heavy (non-hydrogen) atoms. The first kappa shape index (κ1) is 12.2. The summed E-state index contributed by atoms with van der Waals surface area (Å²) in [7, 11) is 1.38. The van der Waals surface area contributed by atoms with Crippen LogP contribution in [0.25, 0.3) is 11.3 Å². The number of aromatic carboxylic acids is 1. The molecule has 2 rings (SSSR count). The zero-order valence-corrected chi connectivity index (χ0v) is 9.25. The van der Waals surface area contributed by atoms with Crippen molar-refractivity contribution in [3.63, 3.8) is 0 Å². The Morgan fingerprint density at radius 2 is 1.89 bits per heavy atom. The summed E-state index contributed by atoms with van der Waals surface area (Å²) < 4.78 is 40.8. The second kappa shape index (κ2) is 4.21. The summed E-state index contributed by atoms with van der Waals surface area (Å²) in [4.78, 5) is 10.8. The summed E-state index contributed by atoms with van der Waals surface area (Å²) in [6.07, 6.45) is 0. The van der Waals surface area contributed by atoms with Crippen LogP contribution >= 0.6 is 0 Å². The Balaban J connectivity index is 2.66. The molecule has 2 aromatic rings. The van der Waals surface area contributed by atoms with Crippen molar-refractivity contribution < 1.29 is 23.1 Å². The average molecular weight is 255 g/mol. The molecule has 0 fully saturated rings. The molecule has 3 nitrogen and oxygen atoms in total. The first-order valence-electron chi connectivity index (χ1n) is 4.95. The Morgan fingerprint density at radius 1 is 1.22 bits per heavy atom. The third-order valence-corrected chi connectivity index (χ3v) is 2.61. The molecular formula is C12H8F3NO2. The number of aromatic nitrogens is 1. The van der Waals surface area contributed by atoms with E-state index < -0.39 is 23.4 Å². The van der Waals surface area contributed by atoms with Crippen molar-refractivity contribution in [3.8, 4) is 11.3 Å². The number of benzene rings is 1. The molecule has 0 radical (unpaired) electrons. The Bertz CT molecular complexity index is 634. The average Bonchev–Trinajstić information content (AvgIpc) is 2.65. The zero-order valence-electron chi connectivity index (χ0n) is 9.25. The summed E-state index contributed by atoms with van der Waals surface area (Å²) in [6.45, 7) is 0. The van der Waals surface area contributed by atoms with Crippen LogP contribution in [0.5, 0.6) is 0 Å². The van der Waals surface area contributed by atoms with E-state index in [1.165, 1.54) is 19.2 Å². The molecule has 0 saturated carbocycles. The van der Waals surface area contributed by atoms with Gasteiger partial charge in [0.2, 0.25) is 0 Å². The minimum absolute atomic E-state index is 0.0864. The van der Waals surface area contributed by atoms with Crippen molar-refractivity contribution >= 4 is 5.97 Å². The first-order valence-corrected chi connectivity index (χ1v) is 4.95. The Labute approximate surface area is 100 Å². The zero-order chi connectivity index (χ0) is 13.4. The molecule has 0 aliphatic rings.